The normalized spacial score (nSPS) is 19.1. The van der Waals surface area contributed by atoms with Crippen molar-refractivity contribution in [3.63, 3.8) is 0 Å². The standard InChI is InChI=1S/C14H21BrN2O2/c1-10(2)17-8-12(15)7-13(17)14(18)16-5-3-11-4-6-19-9-11/h7-8,10-11H,3-6,9H2,1-2H3,(H,16,18). The van der Waals surface area contributed by atoms with Gasteiger partial charge in [-0.1, -0.05) is 0 Å². The molecule has 1 amide bonds. The summed E-state index contributed by atoms with van der Waals surface area (Å²) in [5.74, 6) is 0.599. The summed E-state index contributed by atoms with van der Waals surface area (Å²) in [6.45, 7) is 6.55. The molecule has 2 heterocycles. The second-order valence-electron chi connectivity index (χ2n) is 5.32. The third-order valence-corrected chi connectivity index (χ3v) is 3.90. The topological polar surface area (TPSA) is 43.3 Å². The quantitative estimate of drug-likeness (QED) is 0.902. The Morgan fingerprint density at radius 2 is 2.42 bits per heavy atom. The smallest absolute Gasteiger partial charge is 0.267 e. The SMILES string of the molecule is CC(C)n1cc(Br)cc1C(=O)NCCC1CCOC1. The van der Waals surface area contributed by atoms with Gasteiger partial charge in [-0.3, -0.25) is 4.79 Å². The number of nitrogens with one attached hydrogen (secondary N) is 1. The van der Waals surface area contributed by atoms with Crippen LogP contribution in [0.4, 0.5) is 0 Å². The molecule has 0 radical (unpaired) electrons. The Kier molecular flexibility index (Phi) is 5.05. The monoisotopic (exact) mass is 328 g/mol. The zero-order chi connectivity index (χ0) is 13.8. The van der Waals surface area contributed by atoms with Crippen LogP contribution in [0.5, 0.6) is 0 Å². The van der Waals surface area contributed by atoms with E-state index >= 15 is 0 Å². The van der Waals surface area contributed by atoms with Gasteiger partial charge in [-0.05, 0) is 54.6 Å². The largest absolute Gasteiger partial charge is 0.381 e. The molecule has 0 saturated carbocycles. The first-order valence-corrected chi connectivity index (χ1v) is 7.60. The summed E-state index contributed by atoms with van der Waals surface area (Å²) in [7, 11) is 0. The first-order valence-electron chi connectivity index (χ1n) is 6.81. The van der Waals surface area contributed by atoms with Crippen LogP contribution in [-0.4, -0.2) is 30.2 Å². The minimum Gasteiger partial charge on any atom is -0.381 e. The van der Waals surface area contributed by atoms with Crippen LogP contribution in [0.25, 0.3) is 0 Å². The molecule has 1 aromatic rings. The maximum atomic E-state index is 12.2. The maximum absolute atomic E-state index is 12.2. The molecular formula is C14H21BrN2O2. The summed E-state index contributed by atoms with van der Waals surface area (Å²) in [5.41, 5.74) is 0.713. The molecule has 106 valence electrons. The van der Waals surface area contributed by atoms with Gasteiger partial charge in [0, 0.05) is 36.5 Å². The number of aromatic nitrogens is 1. The van der Waals surface area contributed by atoms with E-state index in [-0.39, 0.29) is 11.9 Å². The molecule has 1 aliphatic rings. The van der Waals surface area contributed by atoms with Gasteiger partial charge < -0.3 is 14.6 Å². The van der Waals surface area contributed by atoms with Gasteiger partial charge in [-0.2, -0.15) is 0 Å². The Morgan fingerprint density at radius 3 is 3.05 bits per heavy atom. The lowest BCUT2D eigenvalue weighted by Gasteiger charge is -2.13. The van der Waals surface area contributed by atoms with Gasteiger partial charge in [0.15, 0.2) is 0 Å². The van der Waals surface area contributed by atoms with Crippen LogP contribution in [0.15, 0.2) is 16.7 Å². The molecule has 5 heteroatoms. The van der Waals surface area contributed by atoms with Crippen LogP contribution < -0.4 is 5.32 Å². The van der Waals surface area contributed by atoms with Crippen LogP contribution in [0, 0.1) is 5.92 Å². The number of ether oxygens (including phenoxy) is 1. The Morgan fingerprint density at radius 1 is 1.63 bits per heavy atom. The van der Waals surface area contributed by atoms with Crippen molar-refractivity contribution in [3.8, 4) is 0 Å². The van der Waals surface area contributed by atoms with Crippen molar-refractivity contribution in [2.45, 2.75) is 32.7 Å². The summed E-state index contributed by atoms with van der Waals surface area (Å²) in [4.78, 5) is 12.2. The van der Waals surface area contributed by atoms with Gasteiger partial charge in [-0.15, -0.1) is 0 Å². The molecule has 19 heavy (non-hydrogen) atoms. The molecule has 4 nitrogen and oxygen atoms in total. The zero-order valence-corrected chi connectivity index (χ0v) is 13.1. The highest BCUT2D eigenvalue weighted by molar-refractivity contribution is 9.10. The zero-order valence-electron chi connectivity index (χ0n) is 11.5. The highest BCUT2D eigenvalue weighted by Gasteiger charge is 2.17. The first-order chi connectivity index (χ1) is 9.08. The maximum Gasteiger partial charge on any atom is 0.267 e. The van der Waals surface area contributed by atoms with Gasteiger partial charge in [0.1, 0.15) is 5.69 Å². The summed E-state index contributed by atoms with van der Waals surface area (Å²) < 4.78 is 8.25. The van der Waals surface area contributed by atoms with Crippen molar-refractivity contribution >= 4 is 21.8 Å². The fourth-order valence-corrected chi connectivity index (χ4v) is 2.78. The highest BCUT2D eigenvalue weighted by atomic mass is 79.9. The molecular weight excluding hydrogens is 308 g/mol. The Bertz CT molecular complexity index is 437. The molecule has 1 N–H and O–H groups in total. The van der Waals surface area contributed by atoms with Crippen LogP contribution in [0.1, 0.15) is 43.2 Å². The lowest BCUT2D eigenvalue weighted by molar-refractivity contribution is 0.0939. The first kappa shape index (κ1) is 14.6. The number of hydrogen-bond donors (Lipinski definition) is 1. The lowest BCUT2D eigenvalue weighted by Crippen LogP contribution is -2.28. The molecule has 1 unspecified atom stereocenters. The molecule has 0 spiro atoms. The average molecular weight is 329 g/mol. The molecule has 2 rings (SSSR count). The predicted molar refractivity (Wildman–Crippen MR) is 78.4 cm³/mol. The molecule has 1 atom stereocenters. The average Bonchev–Trinajstić information content (AvgIpc) is 2.98. The Balaban J connectivity index is 1.88. The number of halogens is 1. The Labute approximate surface area is 122 Å². The van der Waals surface area contributed by atoms with E-state index in [4.69, 9.17) is 4.74 Å². The number of nitrogens with zero attached hydrogens (tertiary/aromatic N) is 1. The fourth-order valence-electron chi connectivity index (χ4n) is 2.35. The highest BCUT2D eigenvalue weighted by Crippen LogP contribution is 2.19. The van der Waals surface area contributed by atoms with Crippen LogP contribution >= 0.6 is 15.9 Å². The van der Waals surface area contributed by atoms with Crippen LogP contribution in [0.3, 0.4) is 0 Å². The van der Waals surface area contributed by atoms with Gasteiger partial charge in [-0.25, -0.2) is 0 Å². The number of carbonyl (C=O) groups excluding carboxylic acids is 1. The van der Waals surface area contributed by atoms with E-state index in [1.807, 2.05) is 16.8 Å². The van der Waals surface area contributed by atoms with Crippen molar-refractivity contribution in [3.05, 3.63) is 22.4 Å². The van der Waals surface area contributed by atoms with Gasteiger partial charge in [0.05, 0.1) is 0 Å². The molecule has 0 aromatic carbocycles. The van der Waals surface area contributed by atoms with Crippen molar-refractivity contribution in [1.29, 1.82) is 0 Å². The molecule has 0 aliphatic carbocycles. The second kappa shape index (κ2) is 6.57. The van der Waals surface area contributed by atoms with E-state index in [0.29, 0.717) is 18.2 Å². The van der Waals surface area contributed by atoms with Gasteiger partial charge in [0.25, 0.3) is 5.91 Å². The van der Waals surface area contributed by atoms with E-state index in [1.54, 1.807) is 0 Å². The lowest BCUT2D eigenvalue weighted by atomic mass is 10.1. The van der Waals surface area contributed by atoms with E-state index in [1.165, 1.54) is 0 Å². The van der Waals surface area contributed by atoms with Gasteiger partial charge in [0.2, 0.25) is 0 Å². The minimum absolute atomic E-state index is 0.00156. The van der Waals surface area contributed by atoms with E-state index in [0.717, 1.165) is 30.5 Å². The number of hydrogen-bond acceptors (Lipinski definition) is 2. The third kappa shape index (κ3) is 3.83. The Hall–Kier alpha value is -0.810. The van der Waals surface area contributed by atoms with Crippen LogP contribution in [-0.2, 0) is 4.74 Å². The molecule has 1 aliphatic heterocycles. The minimum atomic E-state index is -0.00156. The van der Waals surface area contributed by atoms with Crippen molar-refractivity contribution in [2.24, 2.45) is 5.92 Å². The summed E-state index contributed by atoms with van der Waals surface area (Å²) in [6, 6.07) is 2.14. The number of carbonyl (C=O) groups is 1. The number of amides is 1. The summed E-state index contributed by atoms with van der Waals surface area (Å²) >= 11 is 3.42. The second-order valence-corrected chi connectivity index (χ2v) is 6.23. The van der Waals surface area contributed by atoms with E-state index in [2.05, 4.69) is 35.1 Å². The molecule has 0 bridgehead atoms. The van der Waals surface area contributed by atoms with E-state index in [9.17, 15) is 4.79 Å². The fraction of sp³-hybridized carbons (Fsp3) is 0.643. The van der Waals surface area contributed by atoms with E-state index < -0.39 is 0 Å². The van der Waals surface area contributed by atoms with Crippen molar-refractivity contribution in [2.75, 3.05) is 19.8 Å². The molecule has 1 saturated heterocycles. The summed E-state index contributed by atoms with van der Waals surface area (Å²) in [5, 5.41) is 3.00. The summed E-state index contributed by atoms with van der Waals surface area (Å²) in [6.07, 6.45) is 4.06. The van der Waals surface area contributed by atoms with Gasteiger partial charge >= 0.3 is 0 Å². The molecule has 1 aromatic heterocycles. The van der Waals surface area contributed by atoms with Crippen molar-refractivity contribution in [1.82, 2.24) is 9.88 Å². The van der Waals surface area contributed by atoms with Crippen LogP contribution in [0.2, 0.25) is 0 Å². The third-order valence-electron chi connectivity index (χ3n) is 3.47. The number of rotatable bonds is 5. The van der Waals surface area contributed by atoms with Crippen molar-refractivity contribution < 1.29 is 9.53 Å². The molecule has 1 fully saturated rings. The predicted octanol–water partition coefficient (Wildman–Crippen LogP) is 2.99.